The van der Waals surface area contributed by atoms with Crippen LogP contribution in [-0.2, 0) is 27.5 Å². The van der Waals surface area contributed by atoms with Crippen molar-refractivity contribution in [1.82, 2.24) is 4.90 Å². The van der Waals surface area contributed by atoms with Crippen LogP contribution in [0.15, 0.2) is 42.5 Å². The Morgan fingerprint density at radius 1 is 1.24 bits per heavy atom. The fourth-order valence-corrected chi connectivity index (χ4v) is 3.52. The van der Waals surface area contributed by atoms with Crippen molar-refractivity contribution in [3.63, 3.8) is 0 Å². The molecule has 1 aliphatic rings. The van der Waals surface area contributed by atoms with Crippen LogP contribution in [0.2, 0.25) is 5.02 Å². The molecule has 0 spiro atoms. The number of esters is 1. The van der Waals surface area contributed by atoms with Crippen LogP contribution in [0.4, 0.5) is 0 Å². The van der Waals surface area contributed by atoms with Gasteiger partial charge in [-0.3, -0.25) is 14.4 Å². The summed E-state index contributed by atoms with van der Waals surface area (Å²) in [5.41, 5.74) is 7.53. The zero-order valence-corrected chi connectivity index (χ0v) is 16.6. The van der Waals surface area contributed by atoms with Gasteiger partial charge in [0.25, 0.3) is 5.91 Å². The van der Waals surface area contributed by atoms with Gasteiger partial charge in [0.1, 0.15) is 18.4 Å². The molecule has 1 unspecified atom stereocenters. The number of carbonyl (C=O) groups is 3. The van der Waals surface area contributed by atoms with Crippen molar-refractivity contribution in [2.45, 2.75) is 32.0 Å². The monoisotopic (exact) mass is 416 g/mol. The molecule has 0 bridgehead atoms. The second-order valence-electron chi connectivity index (χ2n) is 6.67. The molecule has 152 valence electrons. The predicted molar refractivity (Wildman–Crippen MR) is 106 cm³/mol. The number of hydrogen-bond donors (Lipinski definition) is 1. The van der Waals surface area contributed by atoms with Crippen molar-refractivity contribution in [1.29, 1.82) is 0 Å². The number of fused-ring (bicyclic) bond motifs is 1. The Labute approximate surface area is 173 Å². The summed E-state index contributed by atoms with van der Waals surface area (Å²) in [5, 5.41) is 0.612. The number of methoxy groups -OCH3 is 1. The van der Waals surface area contributed by atoms with E-state index in [9.17, 15) is 14.4 Å². The Morgan fingerprint density at radius 3 is 2.69 bits per heavy atom. The van der Waals surface area contributed by atoms with E-state index in [1.165, 1.54) is 12.0 Å². The van der Waals surface area contributed by atoms with Gasteiger partial charge in [-0.1, -0.05) is 29.8 Å². The summed E-state index contributed by atoms with van der Waals surface area (Å²) < 4.78 is 10.5. The van der Waals surface area contributed by atoms with Crippen LogP contribution in [0, 0.1) is 0 Å². The Hall–Kier alpha value is -3.06. The van der Waals surface area contributed by atoms with E-state index in [-0.39, 0.29) is 31.9 Å². The molecular weight excluding hydrogens is 396 g/mol. The number of amides is 2. The molecule has 2 aromatic rings. The van der Waals surface area contributed by atoms with Gasteiger partial charge in [-0.25, -0.2) is 0 Å². The van der Waals surface area contributed by atoms with Crippen LogP contribution in [-0.4, -0.2) is 35.8 Å². The van der Waals surface area contributed by atoms with Crippen molar-refractivity contribution in [3.8, 4) is 5.75 Å². The van der Waals surface area contributed by atoms with Gasteiger partial charge in [-0.15, -0.1) is 0 Å². The molecule has 0 saturated heterocycles. The Bertz CT molecular complexity index is 946. The molecule has 0 saturated carbocycles. The number of hydrogen-bond acceptors (Lipinski definition) is 5. The zero-order chi connectivity index (χ0) is 21.0. The Kier molecular flexibility index (Phi) is 6.39. The third-order valence-electron chi connectivity index (χ3n) is 4.79. The van der Waals surface area contributed by atoms with E-state index >= 15 is 0 Å². The van der Waals surface area contributed by atoms with Crippen LogP contribution in [0.1, 0.15) is 34.3 Å². The van der Waals surface area contributed by atoms with E-state index in [1.54, 1.807) is 30.3 Å². The number of primary amides is 1. The minimum atomic E-state index is -0.908. The van der Waals surface area contributed by atoms with Crippen LogP contribution in [0.3, 0.4) is 0 Å². The van der Waals surface area contributed by atoms with Gasteiger partial charge in [0, 0.05) is 22.6 Å². The number of benzene rings is 2. The van der Waals surface area contributed by atoms with Crippen molar-refractivity contribution in [3.05, 3.63) is 64.2 Å². The van der Waals surface area contributed by atoms with Crippen LogP contribution >= 0.6 is 11.6 Å². The molecule has 1 aliphatic heterocycles. The molecule has 1 atom stereocenters. The maximum atomic E-state index is 12.9. The fourth-order valence-electron chi connectivity index (χ4n) is 3.31. The molecule has 2 N–H and O–H groups in total. The summed E-state index contributed by atoms with van der Waals surface area (Å²) >= 11 is 6.00. The lowest BCUT2D eigenvalue weighted by Crippen LogP contribution is -2.45. The first kappa shape index (κ1) is 20.7. The molecule has 2 amide bonds. The number of halogens is 1. The summed E-state index contributed by atoms with van der Waals surface area (Å²) in [4.78, 5) is 37.6. The first-order valence-corrected chi connectivity index (χ1v) is 9.44. The lowest BCUT2D eigenvalue weighted by molar-refractivity contribution is -0.141. The minimum absolute atomic E-state index is 0.0116. The maximum absolute atomic E-state index is 12.9. The van der Waals surface area contributed by atoms with E-state index in [4.69, 9.17) is 22.1 Å². The molecule has 0 aliphatic carbocycles. The molecule has 7 nitrogen and oxygen atoms in total. The Balaban J connectivity index is 1.77. The summed E-state index contributed by atoms with van der Waals surface area (Å²) in [6, 6.07) is 11.6. The number of nitrogens with two attached hydrogens (primary N) is 1. The van der Waals surface area contributed by atoms with Crippen LogP contribution < -0.4 is 10.5 Å². The number of rotatable bonds is 8. The van der Waals surface area contributed by atoms with Crippen LogP contribution in [0.25, 0.3) is 0 Å². The van der Waals surface area contributed by atoms with Gasteiger partial charge in [0.15, 0.2) is 0 Å². The number of nitrogens with zero attached hydrogens (tertiary/aromatic N) is 1. The molecule has 1 heterocycles. The van der Waals surface area contributed by atoms with E-state index in [2.05, 4.69) is 4.74 Å². The van der Waals surface area contributed by atoms with Gasteiger partial charge in [-0.2, -0.15) is 0 Å². The quantitative estimate of drug-likeness (QED) is 0.667. The lowest BCUT2D eigenvalue weighted by atomic mass is 10.1. The summed E-state index contributed by atoms with van der Waals surface area (Å²) in [5.74, 6) is -0.904. The molecule has 2 aromatic carbocycles. The van der Waals surface area contributed by atoms with Gasteiger partial charge in [-0.05, 0) is 36.2 Å². The third-order valence-corrected chi connectivity index (χ3v) is 5.03. The maximum Gasteiger partial charge on any atom is 0.305 e. The fraction of sp³-hybridized carbons (Fsp3) is 0.286. The topological polar surface area (TPSA) is 98.9 Å². The molecule has 0 aromatic heterocycles. The van der Waals surface area contributed by atoms with Crippen molar-refractivity contribution >= 4 is 29.4 Å². The SMILES string of the molecule is COC(=O)CCC(C(N)=O)N1Cc2c(OCc3cccc(Cl)c3)cccc2C1=O. The first-order valence-electron chi connectivity index (χ1n) is 9.07. The second-order valence-corrected chi connectivity index (χ2v) is 7.10. The summed E-state index contributed by atoms with van der Waals surface area (Å²) in [6.45, 7) is 0.460. The van der Waals surface area contributed by atoms with E-state index in [0.29, 0.717) is 21.9 Å². The van der Waals surface area contributed by atoms with Gasteiger partial charge in [0.2, 0.25) is 5.91 Å². The second kappa shape index (κ2) is 8.96. The normalized spacial score (nSPS) is 13.7. The van der Waals surface area contributed by atoms with E-state index < -0.39 is 17.9 Å². The van der Waals surface area contributed by atoms with Gasteiger partial charge < -0.3 is 20.1 Å². The molecule has 0 radical (unpaired) electrons. The highest BCUT2D eigenvalue weighted by Crippen LogP contribution is 2.33. The highest BCUT2D eigenvalue weighted by Gasteiger charge is 2.37. The molecular formula is C21H21ClN2O5. The summed E-state index contributed by atoms with van der Waals surface area (Å²) in [6.07, 6.45) is 0.0861. The van der Waals surface area contributed by atoms with Crippen molar-refractivity contribution in [2.24, 2.45) is 5.73 Å². The Morgan fingerprint density at radius 2 is 2.00 bits per heavy atom. The van der Waals surface area contributed by atoms with E-state index in [0.717, 1.165) is 5.56 Å². The average Bonchev–Trinajstić information content (AvgIpc) is 3.03. The van der Waals surface area contributed by atoms with Crippen LogP contribution in [0.5, 0.6) is 5.75 Å². The third kappa shape index (κ3) is 4.68. The molecule has 0 fully saturated rings. The van der Waals surface area contributed by atoms with Crippen molar-refractivity contribution in [2.75, 3.05) is 7.11 Å². The first-order chi connectivity index (χ1) is 13.9. The molecule has 3 rings (SSSR count). The average molecular weight is 417 g/mol. The predicted octanol–water partition coefficient (Wildman–Crippen LogP) is 2.68. The summed E-state index contributed by atoms with van der Waals surface area (Å²) in [7, 11) is 1.27. The van der Waals surface area contributed by atoms with Gasteiger partial charge in [0.05, 0.1) is 13.7 Å². The van der Waals surface area contributed by atoms with Crippen molar-refractivity contribution < 1.29 is 23.9 Å². The smallest absolute Gasteiger partial charge is 0.305 e. The highest BCUT2D eigenvalue weighted by atomic mass is 35.5. The van der Waals surface area contributed by atoms with Gasteiger partial charge >= 0.3 is 5.97 Å². The molecule has 29 heavy (non-hydrogen) atoms. The number of carbonyl (C=O) groups excluding carboxylic acids is 3. The largest absolute Gasteiger partial charge is 0.489 e. The molecule has 8 heteroatoms. The highest BCUT2D eigenvalue weighted by molar-refractivity contribution is 6.30. The van der Waals surface area contributed by atoms with E-state index in [1.807, 2.05) is 12.1 Å². The lowest BCUT2D eigenvalue weighted by Gasteiger charge is -2.24. The number of ether oxygens (including phenoxy) is 2. The standard InChI is InChI=1S/C21H21ClN2O5/c1-28-19(25)9-8-17(20(23)26)24-11-16-15(21(24)27)6-3-7-18(16)29-12-13-4-2-5-14(22)10-13/h2-7,10,17H,8-9,11-12H2,1H3,(H2,23,26). The zero-order valence-electron chi connectivity index (χ0n) is 15.9. The minimum Gasteiger partial charge on any atom is -0.489 e.